The average Bonchev–Trinajstić information content (AvgIpc) is 3.34. The second-order valence-electron chi connectivity index (χ2n) is 6.96. The van der Waals surface area contributed by atoms with E-state index in [1.165, 1.54) is 0 Å². The predicted molar refractivity (Wildman–Crippen MR) is 117 cm³/mol. The molecule has 1 fully saturated rings. The van der Waals surface area contributed by atoms with Crippen LogP contribution in [0, 0.1) is 13.8 Å². The van der Waals surface area contributed by atoms with Gasteiger partial charge in [-0.2, -0.15) is 0 Å². The minimum absolute atomic E-state index is 0.00861. The topological polar surface area (TPSA) is 83.9 Å². The summed E-state index contributed by atoms with van der Waals surface area (Å²) in [7, 11) is 0. The van der Waals surface area contributed by atoms with Gasteiger partial charge in [0.05, 0.1) is 22.1 Å². The fourth-order valence-electron chi connectivity index (χ4n) is 3.38. The molecule has 7 nitrogen and oxygen atoms in total. The van der Waals surface area contributed by atoms with E-state index in [4.69, 9.17) is 0 Å². The zero-order chi connectivity index (χ0) is 20.2. The van der Waals surface area contributed by atoms with Crippen LogP contribution in [0.4, 0.5) is 10.9 Å². The van der Waals surface area contributed by atoms with Crippen molar-refractivity contribution in [2.75, 3.05) is 18.4 Å². The highest BCUT2D eigenvalue weighted by molar-refractivity contribution is 7.13. The molecule has 3 aromatic rings. The first-order chi connectivity index (χ1) is 14.1. The molecule has 0 bridgehead atoms. The molecular weight excluding hydrogens is 404 g/mol. The normalized spacial score (nSPS) is 17.0. The van der Waals surface area contributed by atoms with Gasteiger partial charge in [0.25, 0.3) is 0 Å². The first-order valence-electron chi connectivity index (χ1n) is 9.47. The molecule has 1 aliphatic heterocycles. The molecule has 0 aromatic carbocycles. The monoisotopic (exact) mass is 426 g/mol. The maximum absolute atomic E-state index is 12.7. The Morgan fingerprint density at radius 1 is 1.21 bits per heavy atom. The summed E-state index contributed by atoms with van der Waals surface area (Å²) in [4.78, 5) is 32.5. The highest BCUT2D eigenvalue weighted by Gasteiger charge is 2.27. The minimum atomic E-state index is 0.00861. The third-order valence-corrected chi connectivity index (χ3v) is 6.39. The summed E-state index contributed by atoms with van der Waals surface area (Å²) in [6.07, 6.45) is 8.70. The van der Waals surface area contributed by atoms with Crippen LogP contribution in [0.3, 0.4) is 0 Å². The molecule has 3 aromatic heterocycles. The quantitative estimate of drug-likeness (QED) is 0.617. The Hall–Kier alpha value is -2.65. The van der Waals surface area contributed by atoms with Crippen LogP contribution in [-0.2, 0) is 4.79 Å². The molecule has 1 amide bonds. The van der Waals surface area contributed by atoms with Crippen LogP contribution in [0.1, 0.15) is 40.8 Å². The summed E-state index contributed by atoms with van der Waals surface area (Å²) in [5.74, 6) is 0.865. The molecule has 4 heterocycles. The van der Waals surface area contributed by atoms with Crippen molar-refractivity contribution in [3.8, 4) is 0 Å². The summed E-state index contributed by atoms with van der Waals surface area (Å²) >= 11 is 3.12. The lowest BCUT2D eigenvalue weighted by molar-refractivity contribution is -0.127. The summed E-state index contributed by atoms with van der Waals surface area (Å²) in [6.45, 7) is 5.30. The van der Waals surface area contributed by atoms with Gasteiger partial charge in [0, 0.05) is 48.2 Å². The number of anilines is 2. The number of nitrogens with one attached hydrogen (secondary N) is 1. The number of hydrogen-bond donors (Lipinski definition) is 1. The molecule has 1 atom stereocenters. The van der Waals surface area contributed by atoms with Crippen molar-refractivity contribution in [2.24, 2.45) is 0 Å². The molecule has 0 spiro atoms. The number of nitrogens with zero attached hydrogens (tertiary/aromatic N) is 5. The lowest BCUT2D eigenvalue weighted by Crippen LogP contribution is -2.38. The van der Waals surface area contributed by atoms with Gasteiger partial charge in [-0.05, 0) is 32.8 Å². The predicted octanol–water partition coefficient (Wildman–Crippen LogP) is 4.17. The van der Waals surface area contributed by atoms with Gasteiger partial charge < -0.3 is 10.2 Å². The molecule has 1 N–H and O–H groups in total. The van der Waals surface area contributed by atoms with E-state index in [1.54, 1.807) is 47.2 Å². The molecular formula is C20H22N6OS2. The first kappa shape index (κ1) is 19.7. The number of thiazole rings is 2. The van der Waals surface area contributed by atoms with Gasteiger partial charge in [0.1, 0.15) is 0 Å². The number of hydrogen-bond acceptors (Lipinski definition) is 8. The molecule has 0 radical (unpaired) electrons. The van der Waals surface area contributed by atoms with Crippen molar-refractivity contribution in [2.45, 2.75) is 32.6 Å². The molecule has 150 valence electrons. The van der Waals surface area contributed by atoms with E-state index in [0.717, 1.165) is 52.4 Å². The maximum Gasteiger partial charge on any atom is 0.246 e. The molecule has 1 saturated heterocycles. The fourth-order valence-corrected chi connectivity index (χ4v) is 4.64. The number of aryl methyl sites for hydroxylation is 2. The van der Waals surface area contributed by atoms with Gasteiger partial charge in [0.15, 0.2) is 10.9 Å². The van der Waals surface area contributed by atoms with Crippen LogP contribution < -0.4 is 5.32 Å². The van der Waals surface area contributed by atoms with Crippen molar-refractivity contribution in [1.82, 2.24) is 24.8 Å². The van der Waals surface area contributed by atoms with Crippen molar-refractivity contribution in [3.63, 3.8) is 0 Å². The van der Waals surface area contributed by atoms with Crippen molar-refractivity contribution in [1.29, 1.82) is 0 Å². The van der Waals surface area contributed by atoms with E-state index in [9.17, 15) is 4.79 Å². The Morgan fingerprint density at radius 3 is 2.83 bits per heavy atom. The molecule has 0 saturated carbocycles. The third-order valence-electron chi connectivity index (χ3n) is 4.72. The second-order valence-corrected chi connectivity index (χ2v) is 8.88. The van der Waals surface area contributed by atoms with Gasteiger partial charge in [0.2, 0.25) is 5.91 Å². The summed E-state index contributed by atoms with van der Waals surface area (Å²) < 4.78 is 0. The van der Waals surface area contributed by atoms with Crippen LogP contribution in [0.25, 0.3) is 6.08 Å². The average molecular weight is 427 g/mol. The van der Waals surface area contributed by atoms with Gasteiger partial charge in [-0.3, -0.25) is 9.78 Å². The Labute approximate surface area is 177 Å². The van der Waals surface area contributed by atoms with E-state index in [0.29, 0.717) is 6.54 Å². The summed E-state index contributed by atoms with van der Waals surface area (Å²) in [6, 6.07) is 0. The van der Waals surface area contributed by atoms with E-state index >= 15 is 0 Å². The van der Waals surface area contributed by atoms with Crippen LogP contribution >= 0.6 is 22.7 Å². The van der Waals surface area contributed by atoms with Crippen LogP contribution in [0.2, 0.25) is 0 Å². The zero-order valence-electron chi connectivity index (χ0n) is 16.3. The largest absolute Gasteiger partial charge is 0.338 e. The van der Waals surface area contributed by atoms with Crippen molar-refractivity contribution in [3.05, 3.63) is 51.3 Å². The Bertz CT molecular complexity index is 1030. The third kappa shape index (κ3) is 4.86. The lowest BCUT2D eigenvalue weighted by Gasteiger charge is -2.32. The number of piperidine rings is 1. The maximum atomic E-state index is 12.7. The molecule has 1 aliphatic rings. The zero-order valence-corrected chi connectivity index (χ0v) is 18.0. The number of carbonyl (C=O) groups is 1. The smallest absolute Gasteiger partial charge is 0.246 e. The minimum Gasteiger partial charge on any atom is -0.338 e. The van der Waals surface area contributed by atoms with Gasteiger partial charge in [-0.15, -0.1) is 22.7 Å². The molecule has 4 rings (SSSR count). The van der Waals surface area contributed by atoms with Gasteiger partial charge >= 0.3 is 0 Å². The number of likely N-dealkylation sites (tertiary alicyclic amines) is 1. The number of carbonyl (C=O) groups excluding carboxylic acids is 1. The van der Waals surface area contributed by atoms with Crippen LogP contribution in [-0.4, -0.2) is 43.8 Å². The van der Waals surface area contributed by atoms with Crippen LogP contribution in [0.5, 0.6) is 0 Å². The number of aromatic nitrogens is 4. The van der Waals surface area contributed by atoms with Crippen molar-refractivity contribution < 1.29 is 4.79 Å². The van der Waals surface area contributed by atoms with E-state index in [-0.39, 0.29) is 11.8 Å². The highest BCUT2D eigenvalue weighted by atomic mass is 32.1. The second kappa shape index (κ2) is 8.79. The van der Waals surface area contributed by atoms with Crippen LogP contribution in [0.15, 0.2) is 29.2 Å². The van der Waals surface area contributed by atoms with E-state index in [1.807, 2.05) is 29.5 Å². The standard InChI is InChI=1S/C20H22N6OS2/c1-13-11-29-20(23-13)25-19-18(21-7-8-22-19)15-4-3-9-26(10-15)17(27)6-5-16-12-28-14(2)24-16/h5-8,11-12,15H,3-4,9-10H2,1-2H3,(H,22,23,25)/b6-5+/t15-/m1/s1. The Kier molecular flexibility index (Phi) is 5.96. The van der Waals surface area contributed by atoms with Crippen molar-refractivity contribution >= 4 is 45.6 Å². The lowest BCUT2D eigenvalue weighted by atomic mass is 9.94. The number of amides is 1. The number of rotatable bonds is 5. The summed E-state index contributed by atoms with van der Waals surface area (Å²) in [5.41, 5.74) is 2.69. The molecule has 0 unspecified atom stereocenters. The molecule has 0 aliphatic carbocycles. The van der Waals surface area contributed by atoms with E-state index in [2.05, 4.69) is 25.3 Å². The SMILES string of the molecule is Cc1csc(Nc2nccnc2[C@@H]2CCCN(C(=O)/C=C/c3csc(C)n3)C2)n1. The van der Waals surface area contributed by atoms with E-state index < -0.39 is 0 Å². The first-order valence-corrected chi connectivity index (χ1v) is 11.2. The van der Waals surface area contributed by atoms with Gasteiger partial charge in [-0.25, -0.2) is 15.0 Å². The molecule has 9 heteroatoms. The molecule has 29 heavy (non-hydrogen) atoms. The summed E-state index contributed by atoms with van der Waals surface area (Å²) in [5, 5.41) is 9.04. The Balaban J connectivity index is 1.47. The fraction of sp³-hybridized carbons (Fsp3) is 0.350. The Morgan fingerprint density at radius 2 is 2.07 bits per heavy atom. The highest BCUT2D eigenvalue weighted by Crippen LogP contribution is 2.31. The van der Waals surface area contributed by atoms with Gasteiger partial charge in [-0.1, -0.05) is 0 Å².